The fourth-order valence-corrected chi connectivity index (χ4v) is 2.24. The SMILES string of the molecule is CN(CCCc1nc(C(=O)O)cs1)C(=O)OC(C)(C)C. The van der Waals surface area contributed by atoms with Crippen LogP contribution in [0.3, 0.4) is 0 Å². The fraction of sp³-hybridized carbons (Fsp3) is 0.615. The number of aromatic carboxylic acids is 1. The van der Waals surface area contributed by atoms with E-state index < -0.39 is 11.6 Å². The summed E-state index contributed by atoms with van der Waals surface area (Å²) in [6.45, 7) is 6.00. The molecule has 0 atom stereocenters. The van der Waals surface area contributed by atoms with Gasteiger partial charge in [0.2, 0.25) is 0 Å². The molecule has 1 heterocycles. The van der Waals surface area contributed by atoms with Gasteiger partial charge in [0.05, 0.1) is 5.01 Å². The van der Waals surface area contributed by atoms with Crippen molar-refractivity contribution in [1.82, 2.24) is 9.88 Å². The molecule has 0 unspecified atom stereocenters. The summed E-state index contributed by atoms with van der Waals surface area (Å²) in [6, 6.07) is 0. The van der Waals surface area contributed by atoms with Crippen molar-refractivity contribution in [3.05, 3.63) is 16.1 Å². The van der Waals surface area contributed by atoms with E-state index in [1.807, 2.05) is 20.8 Å². The predicted octanol–water partition coefficient (Wildman–Crippen LogP) is 2.64. The van der Waals surface area contributed by atoms with Gasteiger partial charge in [-0.15, -0.1) is 11.3 Å². The van der Waals surface area contributed by atoms with Gasteiger partial charge in [0.15, 0.2) is 5.69 Å². The summed E-state index contributed by atoms with van der Waals surface area (Å²) in [4.78, 5) is 27.9. The Hall–Kier alpha value is -1.63. The van der Waals surface area contributed by atoms with Crippen LogP contribution in [-0.2, 0) is 11.2 Å². The second kappa shape index (κ2) is 6.69. The summed E-state index contributed by atoms with van der Waals surface area (Å²) in [7, 11) is 1.68. The molecule has 1 rings (SSSR count). The van der Waals surface area contributed by atoms with Crippen LogP contribution in [0.25, 0.3) is 0 Å². The predicted molar refractivity (Wildman–Crippen MR) is 76.3 cm³/mol. The normalized spacial score (nSPS) is 11.2. The van der Waals surface area contributed by atoms with Gasteiger partial charge in [0, 0.05) is 25.4 Å². The molecule has 0 radical (unpaired) electrons. The average Bonchev–Trinajstić information content (AvgIpc) is 2.75. The minimum Gasteiger partial charge on any atom is -0.476 e. The summed E-state index contributed by atoms with van der Waals surface area (Å²) < 4.78 is 5.23. The number of carboxylic acid groups (broad SMARTS) is 1. The highest BCUT2D eigenvalue weighted by molar-refractivity contribution is 7.09. The molecule has 0 saturated heterocycles. The number of ether oxygens (including phenoxy) is 1. The van der Waals surface area contributed by atoms with Gasteiger partial charge in [0.1, 0.15) is 5.60 Å². The van der Waals surface area contributed by atoms with Crippen molar-refractivity contribution in [2.75, 3.05) is 13.6 Å². The minimum atomic E-state index is -1.02. The van der Waals surface area contributed by atoms with Crippen LogP contribution in [0.2, 0.25) is 0 Å². The molecule has 0 aliphatic carbocycles. The van der Waals surface area contributed by atoms with E-state index in [4.69, 9.17) is 9.84 Å². The zero-order valence-corrected chi connectivity index (χ0v) is 13.0. The summed E-state index contributed by atoms with van der Waals surface area (Å²) in [5.41, 5.74) is -0.428. The Bertz CT molecular complexity index is 479. The van der Waals surface area contributed by atoms with Gasteiger partial charge < -0.3 is 14.7 Å². The van der Waals surface area contributed by atoms with Gasteiger partial charge >= 0.3 is 12.1 Å². The van der Waals surface area contributed by atoms with Gasteiger partial charge in [-0.3, -0.25) is 0 Å². The number of hydrogen-bond acceptors (Lipinski definition) is 5. The van der Waals surface area contributed by atoms with Crippen LogP contribution >= 0.6 is 11.3 Å². The standard InChI is InChI=1S/C13H20N2O4S/c1-13(2,3)19-12(18)15(4)7-5-6-10-14-9(8-20-10)11(16)17/h8H,5-7H2,1-4H3,(H,16,17). The second-order valence-corrected chi connectivity index (χ2v) is 6.38. The maximum atomic E-state index is 11.7. The Balaban J connectivity index is 2.36. The number of carbonyl (C=O) groups excluding carboxylic acids is 1. The molecule has 0 spiro atoms. The molecule has 0 aromatic carbocycles. The lowest BCUT2D eigenvalue weighted by Crippen LogP contribution is -2.34. The summed E-state index contributed by atoms with van der Waals surface area (Å²) in [5.74, 6) is -1.02. The van der Waals surface area contributed by atoms with E-state index in [0.717, 1.165) is 5.01 Å². The van der Waals surface area contributed by atoms with E-state index in [-0.39, 0.29) is 11.8 Å². The molecule has 6 nitrogen and oxygen atoms in total. The quantitative estimate of drug-likeness (QED) is 0.904. The highest BCUT2D eigenvalue weighted by atomic mass is 32.1. The third-order valence-electron chi connectivity index (χ3n) is 2.36. The first-order valence-corrected chi connectivity index (χ1v) is 7.19. The Labute approximate surface area is 122 Å². The van der Waals surface area contributed by atoms with E-state index in [0.29, 0.717) is 19.4 Å². The molecule has 1 amide bonds. The smallest absolute Gasteiger partial charge is 0.410 e. The summed E-state index contributed by atoms with van der Waals surface area (Å²) >= 11 is 1.32. The van der Waals surface area contributed by atoms with Gasteiger partial charge in [-0.2, -0.15) is 0 Å². The molecule has 20 heavy (non-hydrogen) atoms. The topological polar surface area (TPSA) is 79.7 Å². The largest absolute Gasteiger partial charge is 0.476 e. The molecule has 1 N–H and O–H groups in total. The van der Waals surface area contributed by atoms with Gasteiger partial charge in [0.25, 0.3) is 0 Å². The molecular weight excluding hydrogens is 280 g/mol. The third kappa shape index (κ3) is 5.56. The first-order valence-electron chi connectivity index (χ1n) is 6.31. The van der Waals surface area contributed by atoms with Crippen molar-refractivity contribution in [2.24, 2.45) is 0 Å². The fourth-order valence-electron chi connectivity index (χ4n) is 1.42. The van der Waals surface area contributed by atoms with Crippen molar-refractivity contribution in [1.29, 1.82) is 0 Å². The van der Waals surface area contributed by atoms with Crippen LogP contribution in [0.5, 0.6) is 0 Å². The number of aromatic nitrogens is 1. The van der Waals surface area contributed by atoms with Gasteiger partial charge in [-0.25, -0.2) is 14.6 Å². The maximum absolute atomic E-state index is 11.7. The van der Waals surface area contributed by atoms with Gasteiger partial charge in [-0.1, -0.05) is 0 Å². The van der Waals surface area contributed by atoms with E-state index in [2.05, 4.69) is 4.98 Å². The van der Waals surface area contributed by atoms with Crippen LogP contribution in [0, 0.1) is 0 Å². The number of amides is 1. The molecule has 0 bridgehead atoms. The molecular formula is C13H20N2O4S. The maximum Gasteiger partial charge on any atom is 0.410 e. The minimum absolute atomic E-state index is 0.0745. The lowest BCUT2D eigenvalue weighted by molar-refractivity contribution is 0.0297. The molecule has 0 aliphatic heterocycles. The number of thiazole rings is 1. The first kappa shape index (κ1) is 16.4. The van der Waals surface area contributed by atoms with E-state index in [1.54, 1.807) is 7.05 Å². The van der Waals surface area contributed by atoms with Crippen LogP contribution in [-0.4, -0.2) is 46.2 Å². The Morgan fingerprint density at radius 1 is 1.45 bits per heavy atom. The monoisotopic (exact) mass is 300 g/mol. The molecule has 0 fully saturated rings. The lowest BCUT2D eigenvalue weighted by atomic mass is 10.2. The van der Waals surface area contributed by atoms with E-state index >= 15 is 0 Å². The number of rotatable bonds is 5. The van der Waals surface area contributed by atoms with Crippen molar-refractivity contribution >= 4 is 23.4 Å². The van der Waals surface area contributed by atoms with Crippen LogP contribution in [0.1, 0.15) is 42.7 Å². The van der Waals surface area contributed by atoms with Crippen molar-refractivity contribution in [2.45, 2.75) is 39.2 Å². The summed E-state index contributed by atoms with van der Waals surface area (Å²) in [6.07, 6.45) is 0.996. The Kier molecular flexibility index (Phi) is 5.50. The van der Waals surface area contributed by atoms with Crippen LogP contribution in [0.4, 0.5) is 4.79 Å². The Morgan fingerprint density at radius 2 is 2.10 bits per heavy atom. The molecule has 7 heteroatoms. The number of nitrogens with zero attached hydrogens (tertiary/aromatic N) is 2. The zero-order valence-electron chi connectivity index (χ0n) is 12.2. The highest BCUT2D eigenvalue weighted by Gasteiger charge is 2.19. The van der Waals surface area contributed by atoms with E-state index in [9.17, 15) is 9.59 Å². The molecule has 0 saturated carbocycles. The molecule has 0 aliphatic rings. The third-order valence-corrected chi connectivity index (χ3v) is 3.27. The first-order chi connectivity index (χ1) is 9.19. The van der Waals surface area contributed by atoms with Crippen LogP contribution in [0.15, 0.2) is 5.38 Å². The van der Waals surface area contributed by atoms with Crippen LogP contribution < -0.4 is 0 Å². The lowest BCUT2D eigenvalue weighted by Gasteiger charge is -2.24. The van der Waals surface area contributed by atoms with E-state index in [1.165, 1.54) is 21.6 Å². The molecule has 112 valence electrons. The zero-order chi connectivity index (χ0) is 15.3. The number of aryl methyl sites for hydroxylation is 1. The highest BCUT2D eigenvalue weighted by Crippen LogP contribution is 2.13. The molecule has 1 aromatic heterocycles. The number of carboxylic acids is 1. The average molecular weight is 300 g/mol. The number of hydrogen-bond donors (Lipinski definition) is 1. The summed E-state index contributed by atoms with van der Waals surface area (Å²) in [5, 5.41) is 11.1. The number of carbonyl (C=O) groups is 2. The van der Waals surface area contributed by atoms with Crippen molar-refractivity contribution in [3.63, 3.8) is 0 Å². The molecule has 1 aromatic rings. The van der Waals surface area contributed by atoms with Crippen molar-refractivity contribution in [3.8, 4) is 0 Å². The Morgan fingerprint density at radius 3 is 2.60 bits per heavy atom. The van der Waals surface area contributed by atoms with Crippen molar-refractivity contribution < 1.29 is 19.4 Å². The van der Waals surface area contributed by atoms with Gasteiger partial charge in [-0.05, 0) is 27.2 Å². The second-order valence-electron chi connectivity index (χ2n) is 5.44.